The number of hydrogen-bond acceptors (Lipinski definition) is 2. The Hall–Kier alpha value is -1.32. The molecular formula is C9H13N3O. The van der Waals surface area contributed by atoms with Crippen molar-refractivity contribution in [2.24, 2.45) is 5.92 Å². The van der Waals surface area contributed by atoms with Gasteiger partial charge in [-0.15, -0.1) is 0 Å². The van der Waals surface area contributed by atoms with Gasteiger partial charge in [0.2, 0.25) is 0 Å². The number of hydrogen-bond donors (Lipinski definition) is 1. The maximum absolute atomic E-state index is 11.3. The minimum atomic E-state index is -0.0850. The number of nitrogens with one attached hydrogen (secondary N) is 1. The minimum absolute atomic E-state index is 0.0850. The molecule has 0 atom stereocenters. The summed E-state index contributed by atoms with van der Waals surface area (Å²) in [6, 6.07) is -0.0850. The first-order valence-corrected chi connectivity index (χ1v) is 4.62. The van der Waals surface area contributed by atoms with Gasteiger partial charge < -0.3 is 5.32 Å². The topological polar surface area (TPSA) is 46.9 Å². The summed E-state index contributed by atoms with van der Waals surface area (Å²) in [5.41, 5.74) is 0. The Morgan fingerprint density at radius 1 is 1.62 bits per heavy atom. The van der Waals surface area contributed by atoms with Gasteiger partial charge in [0.05, 0.1) is 0 Å². The minimum Gasteiger partial charge on any atom is -0.337 e. The number of imidazole rings is 1. The van der Waals surface area contributed by atoms with Crippen LogP contribution in [0.5, 0.6) is 0 Å². The zero-order valence-corrected chi connectivity index (χ0v) is 7.44. The molecule has 0 unspecified atom stereocenters. The van der Waals surface area contributed by atoms with E-state index in [0.29, 0.717) is 0 Å². The van der Waals surface area contributed by atoms with Crippen molar-refractivity contribution in [3.05, 3.63) is 18.7 Å². The Bertz CT molecular complexity index is 277. The Morgan fingerprint density at radius 2 is 2.46 bits per heavy atom. The van der Waals surface area contributed by atoms with E-state index in [-0.39, 0.29) is 6.03 Å². The molecule has 4 heteroatoms. The predicted octanol–water partition coefficient (Wildman–Crippen LogP) is 1.24. The van der Waals surface area contributed by atoms with Crippen molar-refractivity contribution in [2.45, 2.75) is 19.3 Å². The van der Waals surface area contributed by atoms with Crippen LogP contribution in [0.3, 0.4) is 0 Å². The molecule has 70 valence electrons. The molecule has 1 aromatic heterocycles. The van der Waals surface area contributed by atoms with E-state index in [1.54, 1.807) is 12.4 Å². The monoisotopic (exact) mass is 179 g/mol. The second-order valence-electron chi connectivity index (χ2n) is 3.43. The average Bonchev–Trinajstić information content (AvgIpc) is 2.80. The Balaban J connectivity index is 1.71. The van der Waals surface area contributed by atoms with Crippen molar-refractivity contribution in [1.82, 2.24) is 14.9 Å². The maximum atomic E-state index is 11.3. The standard InChI is InChI=1S/C9H13N3O/c13-9(12-6-5-10-7-12)11-4-3-8-1-2-8/h5-8H,1-4H2,(H,11,13). The Labute approximate surface area is 77.0 Å². The third kappa shape index (κ3) is 2.31. The summed E-state index contributed by atoms with van der Waals surface area (Å²) in [5.74, 6) is 0.864. The van der Waals surface area contributed by atoms with Crippen LogP contribution in [0.1, 0.15) is 19.3 Å². The highest BCUT2D eigenvalue weighted by molar-refractivity contribution is 5.76. The van der Waals surface area contributed by atoms with Gasteiger partial charge in [-0.3, -0.25) is 4.57 Å². The highest BCUT2D eigenvalue weighted by Gasteiger charge is 2.20. The summed E-state index contributed by atoms with van der Waals surface area (Å²) in [5, 5.41) is 2.84. The first-order valence-electron chi connectivity index (χ1n) is 4.62. The lowest BCUT2D eigenvalue weighted by Gasteiger charge is -2.03. The summed E-state index contributed by atoms with van der Waals surface area (Å²) in [6.45, 7) is 0.779. The fourth-order valence-electron chi connectivity index (χ4n) is 1.26. The highest BCUT2D eigenvalue weighted by atomic mass is 16.2. The number of rotatable bonds is 3. The third-order valence-corrected chi connectivity index (χ3v) is 2.26. The van der Waals surface area contributed by atoms with E-state index < -0.39 is 0 Å². The molecule has 2 rings (SSSR count). The number of carbonyl (C=O) groups excluding carboxylic acids is 1. The van der Waals surface area contributed by atoms with Crippen molar-refractivity contribution in [3.8, 4) is 0 Å². The molecule has 0 radical (unpaired) electrons. The van der Waals surface area contributed by atoms with E-state index in [1.807, 2.05) is 0 Å². The molecule has 1 heterocycles. The van der Waals surface area contributed by atoms with Crippen molar-refractivity contribution in [3.63, 3.8) is 0 Å². The third-order valence-electron chi connectivity index (χ3n) is 2.26. The summed E-state index contributed by atoms with van der Waals surface area (Å²) < 4.78 is 1.45. The lowest BCUT2D eigenvalue weighted by molar-refractivity contribution is 0.242. The first kappa shape index (κ1) is 8.29. The van der Waals surface area contributed by atoms with Gasteiger partial charge in [0.15, 0.2) is 0 Å². The SMILES string of the molecule is O=C(NCCC1CC1)n1ccnc1. The second kappa shape index (κ2) is 3.60. The quantitative estimate of drug-likeness (QED) is 0.758. The molecule has 1 N–H and O–H groups in total. The molecule has 13 heavy (non-hydrogen) atoms. The lowest BCUT2D eigenvalue weighted by Crippen LogP contribution is -2.28. The summed E-state index contributed by atoms with van der Waals surface area (Å²) >= 11 is 0. The van der Waals surface area contributed by atoms with Crippen molar-refractivity contribution < 1.29 is 4.79 Å². The van der Waals surface area contributed by atoms with E-state index in [2.05, 4.69) is 10.3 Å². The van der Waals surface area contributed by atoms with Gasteiger partial charge in [0.25, 0.3) is 0 Å². The molecule has 1 aliphatic rings. The van der Waals surface area contributed by atoms with Gasteiger partial charge >= 0.3 is 6.03 Å². The van der Waals surface area contributed by atoms with E-state index in [1.165, 1.54) is 23.7 Å². The predicted molar refractivity (Wildman–Crippen MR) is 48.4 cm³/mol. The van der Waals surface area contributed by atoms with Crippen LogP contribution in [-0.4, -0.2) is 22.1 Å². The lowest BCUT2D eigenvalue weighted by atomic mass is 10.3. The molecule has 1 aromatic rings. The van der Waals surface area contributed by atoms with E-state index in [0.717, 1.165) is 18.9 Å². The van der Waals surface area contributed by atoms with Gasteiger partial charge in [0.1, 0.15) is 6.33 Å². The number of aromatic nitrogens is 2. The number of nitrogens with zero attached hydrogens (tertiary/aromatic N) is 2. The van der Waals surface area contributed by atoms with Crippen molar-refractivity contribution in [2.75, 3.05) is 6.54 Å². The average molecular weight is 179 g/mol. The van der Waals surface area contributed by atoms with Gasteiger partial charge in [-0.05, 0) is 12.3 Å². The van der Waals surface area contributed by atoms with Gasteiger partial charge in [-0.25, -0.2) is 9.78 Å². The smallest absolute Gasteiger partial charge is 0.326 e. The van der Waals surface area contributed by atoms with Crippen LogP contribution in [0.4, 0.5) is 4.79 Å². The molecule has 0 bridgehead atoms. The zero-order chi connectivity index (χ0) is 9.10. The van der Waals surface area contributed by atoms with Gasteiger partial charge in [0, 0.05) is 18.9 Å². The second-order valence-corrected chi connectivity index (χ2v) is 3.43. The zero-order valence-electron chi connectivity index (χ0n) is 7.44. The van der Waals surface area contributed by atoms with E-state index in [9.17, 15) is 4.79 Å². The fraction of sp³-hybridized carbons (Fsp3) is 0.556. The van der Waals surface area contributed by atoms with Crippen LogP contribution < -0.4 is 5.32 Å². The molecule has 0 aliphatic heterocycles. The first-order chi connectivity index (χ1) is 6.36. The Kier molecular flexibility index (Phi) is 2.29. The van der Waals surface area contributed by atoms with Crippen LogP contribution >= 0.6 is 0 Å². The van der Waals surface area contributed by atoms with Crippen LogP contribution in [0.2, 0.25) is 0 Å². The van der Waals surface area contributed by atoms with Gasteiger partial charge in [-0.1, -0.05) is 12.8 Å². The van der Waals surface area contributed by atoms with Crippen molar-refractivity contribution >= 4 is 6.03 Å². The number of carbonyl (C=O) groups is 1. The van der Waals surface area contributed by atoms with Crippen LogP contribution in [0, 0.1) is 5.92 Å². The molecule has 4 nitrogen and oxygen atoms in total. The van der Waals surface area contributed by atoms with Crippen LogP contribution in [0.25, 0.3) is 0 Å². The summed E-state index contributed by atoms with van der Waals surface area (Å²) in [6.07, 6.45) is 8.53. The van der Waals surface area contributed by atoms with Crippen molar-refractivity contribution in [1.29, 1.82) is 0 Å². The van der Waals surface area contributed by atoms with Crippen LogP contribution in [0.15, 0.2) is 18.7 Å². The molecule has 0 aromatic carbocycles. The fourth-order valence-corrected chi connectivity index (χ4v) is 1.26. The molecule has 0 spiro atoms. The molecule has 1 fully saturated rings. The molecule has 1 aliphatic carbocycles. The molecule has 0 saturated heterocycles. The summed E-state index contributed by atoms with van der Waals surface area (Å²) in [7, 11) is 0. The van der Waals surface area contributed by atoms with Crippen LogP contribution in [-0.2, 0) is 0 Å². The molecule has 1 amide bonds. The molecule has 1 saturated carbocycles. The van der Waals surface area contributed by atoms with E-state index in [4.69, 9.17) is 0 Å². The number of amides is 1. The largest absolute Gasteiger partial charge is 0.337 e. The normalized spacial score (nSPS) is 15.7. The summed E-state index contributed by atoms with van der Waals surface area (Å²) in [4.78, 5) is 15.1. The van der Waals surface area contributed by atoms with E-state index >= 15 is 0 Å². The maximum Gasteiger partial charge on any atom is 0.326 e. The molecular weight excluding hydrogens is 166 g/mol. The highest BCUT2D eigenvalue weighted by Crippen LogP contribution is 2.31. The van der Waals surface area contributed by atoms with Gasteiger partial charge in [-0.2, -0.15) is 0 Å². The Morgan fingerprint density at radius 3 is 3.08 bits per heavy atom.